The number of nitrogens with one attached hydrogen (secondary N) is 2. The highest BCUT2D eigenvalue weighted by Crippen LogP contribution is 2.35. The minimum Gasteiger partial charge on any atom is -0.454 e. The number of hydrogen-bond donors (Lipinski definition) is 2. The predicted molar refractivity (Wildman–Crippen MR) is 88.1 cm³/mol. The van der Waals surface area contributed by atoms with Crippen LogP contribution in [-0.4, -0.2) is 32.9 Å². The Labute approximate surface area is 143 Å². The zero-order chi connectivity index (χ0) is 17.2. The molecule has 0 bridgehead atoms. The first-order valence-corrected chi connectivity index (χ1v) is 7.70. The molecule has 8 heteroatoms. The van der Waals surface area contributed by atoms with Gasteiger partial charge >= 0.3 is 0 Å². The standard InChI is InChI=1S/C17H15N5O3/c1-10-4-12(20-8-19-10)7-18-17(23)14-6-13(21-22-14)11-2-3-15-16(5-11)25-9-24-15/h2-6,8H,7,9H2,1H3,(H,18,23)(H,21,22). The number of nitrogens with zero attached hydrogens (tertiary/aromatic N) is 3. The van der Waals surface area contributed by atoms with E-state index in [1.807, 2.05) is 31.2 Å². The van der Waals surface area contributed by atoms with Crippen LogP contribution < -0.4 is 14.8 Å². The van der Waals surface area contributed by atoms with Gasteiger partial charge in [-0.1, -0.05) is 0 Å². The Balaban J connectivity index is 1.46. The average molecular weight is 337 g/mol. The van der Waals surface area contributed by atoms with Crippen LogP contribution in [0.1, 0.15) is 21.9 Å². The molecule has 0 saturated heterocycles. The van der Waals surface area contributed by atoms with Crippen molar-refractivity contribution >= 4 is 5.91 Å². The molecule has 3 heterocycles. The van der Waals surface area contributed by atoms with Crippen LogP contribution in [0.4, 0.5) is 0 Å². The molecule has 0 fully saturated rings. The molecule has 8 nitrogen and oxygen atoms in total. The van der Waals surface area contributed by atoms with E-state index in [1.54, 1.807) is 6.07 Å². The van der Waals surface area contributed by atoms with Crippen molar-refractivity contribution in [2.75, 3.05) is 6.79 Å². The highest BCUT2D eigenvalue weighted by molar-refractivity contribution is 5.93. The van der Waals surface area contributed by atoms with E-state index in [4.69, 9.17) is 9.47 Å². The number of aromatic nitrogens is 4. The molecule has 4 rings (SSSR count). The first-order valence-electron chi connectivity index (χ1n) is 7.70. The molecule has 0 saturated carbocycles. The predicted octanol–water partition coefficient (Wildman–Crippen LogP) is 1.83. The second kappa shape index (κ2) is 6.23. The normalized spacial score (nSPS) is 12.2. The molecule has 2 N–H and O–H groups in total. The molecule has 2 aromatic heterocycles. The molecule has 25 heavy (non-hydrogen) atoms. The van der Waals surface area contributed by atoms with Crippen molar-refractivity contribution in [3.63, 3.8) is 0 Å². The molecular formula is C17H15N5O3. The van der Waals surface area contributed by atoms with Crippen LogP contribution in [0.5, 0.6) is 11.5 Å². The zero-order valence-corrected chi connectivity index (χ0v) is 13.4. The summed E-state index contributed by atoms with van der Waals surface area (Å²) in [6.07, 6.45) is 1.48. The summed E-state index contributed by atoms with van der Waals surface area (Å²) >= 11 is 0. The molecule has 1 aromatic carbocycles. The van der Waals surface area contributed by atoms with E-state index in [0.717, 1.165) is 17.0 Å². The number of carbonyl (C=O) groups is 1. The number of hydrogen-bond acceptors (Lipinski definition) is 6. The lowest BCUT2D eigenvalue weighted by atomic mass is 10.1. The molecule has 0 radical (unpaired) electrons. The van der Waals surface area contributed by atoms with E-state index in [-0.39, 0.29) is 12.7 Å². The minimum absolute atomic E-state index is 0.218. The fraction of sp³-hybridized carbons (Fsp3) is 0.176. The fourth-order valence-electron chi connectivity index (χ4n) is 2.51. The zero-order valence-electron chi connectivity index (χ0n) is 13.4. The first-order chi connectivity index (χ1) is 12.2. The SMILES string of the molecule is Cc1cc(CNC(=O)c2cc(-c3ccc4c(c3)OCO4)n[nH]2)ncn1. The molecule has 0 unspecified atom stereocenters. The summed E-state index contributed by atoms with van der Waals surface area (Å²) in [5.74, 6) is 1.12. The maximum Gasteiger partial charge on any atom is 0.269 e. The molecule has 1 aliphatic rings. The fourth-order valence-corrected chi connectivity index (χ4v) is 2.51. The Kier molecular flexibility index (Phi) is 3.77. The van der Waals surface area contributed by atoms with Gasteiger partial charge in [-0.05, 0) is 37.3 Å². The van der Waals surface area contributed by atoms with Gasteiger partial charge in [0.15, 0.2) is 11.5 Å². The van der Waals surface area contributed by atoms with Gasteiger partial charge in [0.2, 0.25) is 6.79 Å². The topological polar surface area (TPSA) is 102 Å². The highest BCUT2D eigenvalue weighted by Gasteiger charge is 2.16. The van der Waals surface area contributed by atoms with E-state index >= 15 is 0 Å². The Morgan fingerprint density at radius 2 is 2.08 bits per heavy atom. The van der Waals surface area contributed by atoms with Crippen molar-refractivity contribution in [2.45, 2.75) is 13.5 Å². The number of rotatable bonds is 4. The minimum atomic E-state index is -0.254. The molecule has 0 atom stereocenters. The maximum absolute atomic E-state index is 12.3. The third-order valence-electron chi connectivity index (χ3n) is 3.78. The van der Waals surface area contributed by atoms with Gasteiger partial charge in [-0.2, -0.15) is 5.10 Å². The third-order valence-corrected chi connectivity index (χ3v) is 3.78. The summed E-state index contributed by atoms with van der Waals surface area (Å²) in [5.41, 5.74) is 3.47. The summed E-state index contributed by atoms with van der Waals surface area (Å²) in [4.78, 5) is 20.4. The summed E-state index contributed by atoms with van der Waals surface area (Å²) in [6.45, 7) is 2.41. The number of fused-ring (bicyclic) bond motifs is 1. The van der Waals surface area contributed by atoms with E-state index in [0.29, 0.717) is 29.4 Å². The molecule has 1 amide bonds. The quantitative estimate of drug-likeness (QED) is 0.753. The van der Waals surface area contributed by atoms with Gasteiger partial charge in [0.1, 0.15) is 12.0 Å². The van der Waals surface area contributed by atoms with E-state index in [1.165, 1.54) is 6.33 Å². The number of aromatic amines is 1. The Hall–Kier alpha value is -3.42. The van der Waals surface area contributed by atoms with Crippen LogP contribution in [-0.2, 0) is 6.54 Å². The van der Waals surface area contributed by atoms with Crippen LogP contribution in [0.25, 0.3) is 11.3 Å². The molecule has 3 aromatic rings. The largest absolute Gasteiger partial charge is 0.454 e. The van der Waals surface area contributed by atoms with Crippen molar-refractivity contribution in [2.24, 2.45) is 0 Å². The Morgan fingerprint density at radius 3 is 2.96 bits per heavy atom. The lowest BCUT2D eigenvalue weighted by Crippen LogP contribution is -2.23. The van der Waals surface area contributed by atoms with Gasteiger partial charge in [-0.3, -0.25) is 9.89 Å². The monoisotopic (exact) mass is 337 g/mol. The van der Waals surface area contributed by atoms with Gasteiger partial charge in [0, 0.05) is 11.3 Å². The van der Waals surface area contributed by atoms with Gasteiger partial charge in [-0.25, -0.2) is 9.97 Å². The summed E-state index contributed by atoms with van der Waals surface area (Å²) in [5, 5.41) is 9.75. The molecule has 126 valence electrons. The van der Waals surface area contributed by atoms with Crippen LogP contribution in [0.15, 0.2) is 36.7 Å². The summed E-state index contributed by atoms with van der Waals surface area (Å²) in [6, 6.07) is 9.05. The van der Waals surface area contributed by atoms with Crippen molar-refractivity contribution < 1.29 is 14.3 Å². The van der Waals surface area contributed by atoms with Crippen molar-refractivity contribution in [1.82, 2.24) is 25.5 Å². The second-order valence-corrected chi connectivity index (χ2v) is 5.57. The number of amides is 1. The van der Waals surface area contributed by atoms with Crippen molar-refractivity contribution in [3.05, 3.63) is 53.7 Å². The number of aryl methyl sites for hydroxylation is 1. The lowest BCUT2D eigenvalue weighted by molar-refractivity contribution is 0.0945. The van der Waals surface area contributed by atoms with Gasteiger partial charge in [0.05, 0.1) is 17.9 Å². The van der Waals surface area contributed by atoms with Crippen LogP contribution >= 0.6 is 0 Å². The van der Waals surface area contributed by atoms with Gasteiger partial charge in [0.25, 0.3) is 5.91 Å². The Bertz CT molecular complexity index is 938. The van der Waals surface area contributed by atoms with Gasteiger partial charge in [-0.15, -0.1) is 0 Å². The van der Waals surface area contributed by atoms with Crippen LogP contribution in [0.2, 0.25) is 0 Å². The molecule has 1 aliphatic heterocycles. The van der Waals surface area contributed by atoms with E-state index in [2.05, 4.69) is 25.5 Å². The number of carbonyl (C=O) groups excluding carboxylic acids is 1. The smallest absolute Gasteiger partial charge is 0.269 e. The first kappa shape index (κ1) is 15.1. The molecule has 0 aliphatic carbocycles. The molecule has 0 spiro atoms. The summed E-state index contributed by atoms with van der Waals surface area (Å²) < 4.78 is 10.7. The number of benzene rings is 1. The molecular weight excluding hydrogens is 322 g/mol. The Morgan fingerprint density at radius 1 is 1.20 bits per heavy atom. The van der Waals surface area contributed by atoms with Crippen LogP contribution in [0.3, 0.4) is 0 Å². The number of H-pyrrole nitrogens is 1. The van der Waals surface area contributed by atoms with Crippen LogP contribution in [0, 0.1) is 6.92 Å². The average Bonchev–Trinajstić information content (AvgIpc) is 3.28. The maximum atomic E-state index is 12.3. The van der Waals surface area contributed by atoms with E-state index < -0.39 is 0 Å². The van der Waals surface area contributed by atoms with Crippen molar-refractivity contribution in [1.29, 1.82) is 0 Å². The summed E-state index contributed by atoms with van der Waals surface area (Å²) in [7, 11) is 0. The third kappa shape index (κ3) is 3.14. The van der Waals surface area contributed by atoms with E-state index in [9.17, 15) is 4.79 Å². The highest BCUT2D eigenvalue weighted by atomic mass is 16.7. The number of ether oxygens (including phenoxy) is 2. The van der Waals surface area contributed by atoms with Gasteiger partial charge < -0.3 is 14.8 Å². The lowest BCUT2D eigenvalue weighted by Gasteiger charge is -2.03. The van der Waals surface area contributed by atoms with Crippen molar-refractivity contribution in [3.8, 4) is 22.8 Å². The second-order valence-electron chi connectivity index (χ2n) is 5.57.